The molecule has 2 amide bonds. The second-order valence-corrected chi connectivity index (χ2v) is 11.2. The number of fused-ring (bicyclic) bond motifs is 3. The highest BCUT2D eigenvalue weighted by atomic mass is 16.6. The molecule has 2 bridgehead atoms. The first-order chi connectivity index (χ1) is 18.4. The Morgan fingerprint density at radius 1 is 1.10 bits per heavy atom. The van der Waals surface area contributed by atoms with Crippen LogP contribution in [0.5, 0.6) is 0 Å². The summed E-state index contributed by atoms with van der Waals surface area (Å²) < 4.78 is 5.94. The average Bonchev–Trinajstić information content (AvgIpc) is 3.32. The summed E-state index contributed by atoms with van der Waals surface area (Å²) in [5, 5.41) is 15.9. The van der Waals surface area contributed by atoms with Gasteiger partial charge in [-0.2, -0.15) is 0 Å². The minimum Gasteiger partial charge on any atom is -0.446 e. The number of aliphatic hydroxyl groups is 1. The zero-order valence-electron chi connectivity index (χ0n) is 22.7. The van der Waals surface area contributed by atoms with E-state index in [1.807, 2.05) is 54.6 Å². The number of carbonyl (C=O) groups is 2. The van der Waals surface area contributed by atoms with Crippen LogP contribution in [0.15, 0.2) is 54.6 Å². The van der Waals surface area contributed by atoms with Crippen molar-refractivity contribution in [2.75, 3.05) is 6.61 Å². The molecule has 2 saturated carbocycles. The smallest absolute Gasteiger partial charge is 0.408 e. The van der Waals surface area contributed by atoms with Crippen LogP contribution in [0, 0.1) is 19.3 Å². The van der Waals surface area contributed by atoms with E-state index in [4.69, 9.17) is 4.74 Å². The number of rotatable bonds is 9. The fourth-order valence-electron chi connectivity index (χ4n) is 6.13. The van der Waals surface area contributed by atoms with Crippen molar-refractivity contribution in [1.82, 2.24) is 20.6 Å². The Balaban J connectivity index is 0.00000353. The van der Waals surface area contributed by atoms with Crippen LogP contribution in [0.25, 0.3) is 11.0 Å². The molecule has 8 heteroatoms. The van der Waals surface area contributed by atoms with E-state index in [0.717, 1.165) is 48.2 Å². The molecule has 2 radical (unpaired) electrons. The molecule has 208 valence electrons. The lowest BCUT2D eigenvalue weighted by molar-refractivity contribution is -0.128. The predicted octanol–water partition coefficient (Wildman–Crippen LogP) is 4.61. The number of carbonyl (C=O) groups excluding carboxylic acids is 2. The third-order valence-corrected chi connectivity index (χ3v) is 8.19. The number of aromatic amines is 1. The summed E-state index contributed by atoms with van der Waals surface area (Å²) in [5.41, 5.74) is 1.30. The number of amides is 2. The highest BCUT2D eigenvalue weighted by molar-refractivity contribution is 5.90. The minimum atomic E-state index is -1.35. The lowest BCUT2D eigenvalue weighted by Gasteiger charge is -2.40. The van der Waals surface area contributed by atoms with Crippen LogP contribution < -0.4 is 10.6 Å². The van der Waals surface area contributed by atoms with Gasteiger partial charge >= 0.3 is 6.09 Å². The third-order valence-electron chi connectivity index (χ3n) is 8.19. The largest absolute Gasteiger partial charge is 0.446 e. The van der Waals surface area contributed by atoms with Gasteiger partial charge in [-0.3, -0.25) is 4.79 Å². The normalized spacial score (nSPS) is 22.7. The average molecular weight is 533 g/mol. The van der Waals surface area contributed by atoms with Crippen LogP contribution in [-0.2, 0) is 22.4 Å². The number of H-pyrrole nitrogens is 1. The van der Waals surface area contributed by atoms with Gasteiger partial charge in [0.15, 0.2) is 0 Å². The Morgan fingerprint density at radius 2 is 1.87 bits per heavy atom. The van der Waals surface area contributed by atoms with Crippen LogP contribution in [0.2, 0.25) is 0 Å². The van der Waals surface area contributed by atoms with Gasteiger partial charge in [-0.1, -0.05) is 62.7 Å². The number of hydrogen-bond acceptors (Lipinski definition) is 5. The van der Waals surface area contributed by atoms with Gasteiger partial charge < -0.3 is 25.5 Å². The van der Waals surface area contributed by atoms with E-state index in [0.29, 0.717) is 18.2 Å². The van der Waals surface area contributed by atoms with Crippen LogP contribution in [0.4, 0.5) is 4.79 Å². The highest BCUT2D eigenvalue weighted by Crippen LogP contribution is 2.41. The molecule has 5 atom stereocenters. The number of ether oxygens (including phenoxy) is 1. The molecule has 5 unspecified atom stereocenters. The second-order valence-electron chi connectivity index (χ2n) is 11.2. The maximum Gasteiger partial charge on any atom is 0.408 e. The van der Waals surface area contributed by atoms with Gasteiger partial charge in [0, 0.05) is 6.42 Å². The molecule has 2 aliphatic rings. The van der Waals surface area contributed by atoms with Crippen LogP contribution in [0.3, 0.4) is 0 Å². The standard InChI is InChI=1S/C30H38N4O4.CH2/c1-30(18-27-32-24-12-5-6-13-25(24)33-27,28(36)31-23(19-35)17-20-8-3-2-4-9-20)34-29(37)38-26-15-14-21-10-7-11-22(26)16-21;/h2-6,8-9,12-13,21-23,26,35H,7,10-11,14-19H2,1H3,(H,31,36)(H,32,33)(H,34,37);1H2. The molecule has 0 saturated heterocycles. The predicted molar refractivity (Wildman–Crippen MR) is 151 cm³/mol. The molecule has 0 spiro atoms. The Bertz CT molecular complexity index is 1210. The maximum absolute atomic E-state index is 13.7. The first-order valence-corrected chi connectivity index (χ1v) is 13.8. The molecule has 1 heterocycles. The zero-order chi connectivity index (χ0) is 26.5. The van der Waals surface area contributed by atoms with Gasteiger partial charge in [0.1, 0.15) is 17.5 Å². The molecule has 0 aliphatic heterocycles. The van der Waals surface area contributed by atoms with Crippen LogP contribution in [0.1, 0.15) is 56.8 Å². The molecular weight excluding hydrogens is 492 g/mol. The van der Waals surface area contributed by atoms with E-state index in [1.165, 1.54) is 12.8 Å². The van der Waals surface area contributed by atoms with Gasteiger partial charge in [-0.15, -0.1) is 0 Å². The summed E-state index contributed by atoms with van der Waals surface area (Å²) in [5.74, 6) is 1.33. The Morgan fingerprint density at radius 3 is 2.64 bits per heavy atom. The highest BCUT2D eigenvalue weighted by Gasteiger charge is 2.40. The monoisotopic (exact) mass is 532 g/mol. The first kappa shape index (κ1) is 28.6. The van der Waals surface area contributed by atoms with Crippen molar-refractivity contribution in [2.24, 2.45) is 11.8 Å². The first-order valence-electron chi connectivity index (χ1n) is 13.8. The Hall–Kier alpha value is -3.39. The van der Waals surface area contributed by atoms with E-state index >= 15 is 0 Å². The number of benzene rings is 2. The molecule has 1 aromatic heterocycles. The van der Waals surface area contributed by atoms with E-state index in [9.17, 15) is 14.7 Å². The topological polar surface area (TPSA) is 116 Å². The summed E-state index contributed by atoms with van der Waals surface area (Å²) in [6.07, 6.45) is 6.54. The summed E-state index contributed by atoms with van der Waals surface area (Å²) in [6.45, 7) is 1.46. The molecule has 4 N–H and O–H groups in total. The molecule has 2 fully saturated rings. The minimum absolute atomic E-state index is 0. The fourth-order valence-corrected chi connectivity index (χ4v) is 6.13. The maximum atomic E-state index is 13.7. The van der Waals surface area contributed by atoms with Crippen molar-refractivity contribution in [3.05, 3.63) is 73.4 Å². The number of aliphatic hydroxyl groups excluding tert-OH is 1. The number of hydrogen-bond donors (Lipinski definition) is 4. The van der Waals surface area contributed by atoms with Crippen molar-refractivity contribution in [3.63, 3.8) is 0 Å². The van der Waals surface area contributed by atoms with Crippen molar-refractivity contribution in [3.8, 4) is 0 Å². The van der Waals surface area contributed by atoms with Gasteiger partial charge in [-0.05, 0) is 68.6 Å². The molecule has 5 rings (SSSR count). The second kappa shape index (κ2) is 12.6. The van der Waals surface area contributed by atoms with Crippen molar-refractivity contribution in [1.29, 1.82) is 0 Å². The summed E-state index contributed by atoms with van der Waals surface area (Å²) in [7, 11) is 0. The number of para-hydroxylation sites is 2. The van der Waals surface area contributed by atoms with E-state index in [-0.39, 0.29) is 26.6 Å². The van der Waals surface area contributed by atoms with Crippen LogP contribution in [-0.4, -0.2) is 51.4 Å². The van der Waals surface area contributed by atoms with Crippen molar-refractivity contribution in [2.45, 2.75) is 76.0 Å². The fraction of sp³-hybridized carbons (Fsp3) is 0.484. The third kappa shape index (κ3) is 6.98. The molecule has 39 heavy (non-hydrogen) atoms. The number of aromatic nitrogens is 2. The number of imidazole rings is 1. The number of nitrogens with zero attached hydrogens (tertiary/aromatic N) is 1. The zero-order valence-corrected chi connectivity index (χ0v) is 22.7. The lowest BCUT2D eigenvalue weighted by atomic mass is 9.71. The molecular formula is C31H40N4O4. The molecule has 3 aromatic rings. The van der Waals surface area contributed by atoms with E-state index < -0.39 is 23.6 Å². The van der Waals surface area contributed by atoms with E-state index in [1.54, 1.807) is 6.92 Å². The quantitative estimate of drug-likeness (QED) is 0.321. The Labute approximate surface area is 230 Å². The van der Waals surface area contributed by atoms with Gasteiger partial charge in [-0.25, -0.2) is 9.78 Å². The van der Waals surface area contributed by atoms with E-state index in [2.05, 4.69) is 20.6 Å². The molecule has 8 nitrogen and oxygen atoms in total. The van der Waals surface area contributed by atoms with Gasteiger partial charge in [0.2, 0.25) is 5.91 Å². The lowest BCUT2D eigenvalue weighted by Crippen LogP contribution is -2.61. The van der Waals surface area contributed by atoms with Gasteiger partial charge in [0.05, 0.1) is 23.7 Å². The Kier molecular flexibility index (Phi) is 9.28. The number of alkyl carbamates (subject to hydrolysis) is 1. The summed E-state index contributed by atoms with van der Waals surface area (Å²) in [4.78, 5) is 34.8. The molecule has 2 aromatic carbocycles. The summed E-state index contributed by atoms with van der Waals surface area (Å²) in [6, 6.07) is 16.8. The van der Waals surface area contributed by atoms with Crippen LogP contribution >= 0.6 is 0 Å². The number of nitrogens with one attached hydrogen (secondary N) is 3. The summed E-state index contributed by atoms with van der Waals surface area (Å²) >= 11 is 0. The SMILES string of the molecule is CC(Cc1nc2ccccc2[nH]1)(NC(=O)OC1CCC2CCCC1C2)C(=O)NC(CO)Cc1ccccc1.[CH2]. The van der Waals surface area contributed by atoms with Crippen molar-refractivity contribution < 1.29 is 19.4 Å². The van der Waals surface area contributed by atoms with Gasteiger partial charge in [0.25, 0.3) is 0 Å². The van der Waals surface area contributed by atoms with Crippen molar-refractivity contribution >= 4 is 23.0 Å². The molecule has 2 aliphatic carbocycles.